The van der Waals surface area contributed by atoms with Gasteiger partial charge in [0.05, 0.1) is 16.4 Å². The topological polar surface area (TPSA) is 38.0 Å². The van der Waals surface area contributed by atoms with Crippen molar-refractivity contribution >= 4 is 34.3 Å². The van der Waals surface area contributed by atoms with E-state index < -0.39 is 0 Å². The first-order valence-electron chi connectivity index (χ1n) is 4.98. The van der Waals surface area contributed by atoms with Crippen LogP contribution in [-0.2, 0) is 6.54 Å². The molecule has 0 fully saturated rings. The third-order valence-corrected chi connectivity index (χ3v) is 3.69. The molecule has 4 heteroatoms. The highest BCUT2D eigenvalue weighted by molar-refractivity contribution is 7.08. The maximum Gasteiger partial charge on any atom is 0.0765 e. The number of anilines is 2. The van der Waals surface area contributed by atoms with Crippen molar-refractivity contribution < 1.29 is 0 Å². The van der Waals surface area contributed by atoms with Crippen LogP contribution in [-0.4, -0.2) is 0 Å². The van der Waals surface area contributed by atoms with Gasteiger partial charge >= 0.3 is 0 Å². The Morgan fingerprint density at radius 2 is 2.19 bits per heavy atom. The summed E-state index contributed by atoms with van der Waals surface area (Å²) in [6.07, 6.45) is 0. The minimum Gasteiger partial charge on any atom is -0.397 e. The molecule has 1 aromatic carbocycles. The van der Waals surface area contributed by atoms with Gasteiger partial charge in [-0.05, 0) is 40.9 Å². The Kier molecular flexibility index (Phi) is 3.36. The Morgan fingerprint density at radius 3 is 2.81 bits per heavy atom. The third kappa shape index (κ3) is 2.31. The standard InChI is InChI=1S/C12H13ClN2S/c1-8-6-16-7-9(8)5-15-12-10(13)3-2-4-11(12)14/h2-4,6-7,15H,5,14H2,1H3. The first-order valence-corrected chi connectivity index (χ1v) is 6.30. The quantitative estimate of drug-likeness (QED) is 0.813. The van der Waals surface area contributed by atoms with Crippen LogP contribution >= 0.6 is 22.9 Å². The molecule has 16 heavy (non-hydrogen) atoms. The fourth-order valence-electron chi connectivity index (χ4n) is 1.48. The average Bonchev–Trinajstić information content (AvgIpc) is 2.64. The van der Waals surface area contributed by atoms with E-state index in [9.17, 15) is 0 Å². The lowest BCUT2D eigenvalue weighted by Crippen LogP contribution is -2.03. The Labute approximate surface area is 104 Å². The minimum absolute atomic E-state index is 0.660. The lowest BCUT2D eigenvalue weighted by atomic mass is 10.2. The molecule has 0 saturated heterocycles. The van der Waals surface area contributed by atoms with Crippen LogP contribution in [0.15, 0.2) is 29.0 Å². The Balaban J connectivity index is 2.14. The number of nitrogens with two attached hydrogens (primary N) is 1. The molecule has 0 atom stereocenters. The van der Waals surface area contributed by atoms with E-state index >= 15 is 0 Å². The molecule has 0 saturated carbocycles. The molecule has 2 nitrogen and oxygen atoms in total. The van der Waals surface area contributed by atoms with E-state index in [0.29, 0.717) is 10.7 Å². The van der Waals surface area contributed by atoms with Crippen LogP contribution in [0.3, 0.4) is 0 Å². The number of nitrogens with one attached hydrogen (secondary N) is 1. The molecule has 0 amide bonds. The number of benzene rings is 1. The molecule has 0 bridgehead atoms. The summed E-state index contributed by atoms with van der Waals surface area (Å²) in [5, 5.41) is 8.20. The molecule has 0 spiro atoms. The first-order chi connectivity index (χ1) is 7.68. The summed E-state index contributed by atoms with van der Waals surface area (Å²) in [6.45, 7) is 2.85. The maximum atomic E-state index is 6.07. The van der Waals surface area contributed by atoms with Gasteiger partial charge in [-0.2, -0.15) is 11.3 Å². The number of hydrogen-bond donors (Lipinski definition) is 2. The van der Waals surface area contributed by atoms with E-state index in [2.05, 4.69) is 23.0 Å². The monoisotopic (exact) mass is 252 g/mol. The van der Waals surface area contributed by atoms with E-state index in [1.807, 2.05) is 18.2 Å². The highest BCUT2D eigenvalue weighted by Gasteiger charge is 2.05. The van der Waals surface area contributed by atoms with Crippen LogP contribution in [0.2, 0.25) is 5.02 Å². The maximum absolute atomic E-state index is 6.07. The molecular weight excluding hydrogens is 240 g/mol. The second kappa shape index (κ2) is 4.76. The SMILES string of the molecule is Cc1cscc1CNc1c(N)cccc1Cl. The highest BCUT2D eigenvalue weighted by atomic mass is 35.5. The van der Waals surface area contributed by atoms with Gasteiger partial charge in [-0.15, -0.1) is 0 Å². The van der Waals surface area contributed by atoms with Gasteiger partial charge in [0, 0.05) is 6.54 Å². The molecule has 1 heterocycles. The lowest BCUT2D eigenvalue weighted by molar-refractivity contribution is 1.14. The van der Waals surface area contributed by atoms with Crippen molar-refractivity contribution in [3.63, 3.8) is 0 Å². The van der Waals surface area contributed by atoms with Crippen molar-refractivity contribution in [2.75, 3.05) is 11.1 Å². The van der Waals surface area contributed by atoms with Gasteiger partial charge in [0.15, 0.2) is 0 Å². The predicted molar refractivity (Wildman–Crippen MR) is 72.2 cm³/mol. The van der Waals surface area contributed by atoms with Crippen LogP contribution in [0.25, 0.3) is 0 Å². The molecule has 2 rings (SSSR count). The fourth-order valence-corrected chi connectivity index (χ4v) is 2.58. The average molecular weight is 253 g/mol. The lowest BCUT2D eigenvalue weighted by Gasteiger charge is -2.10. The molecule has 2 aromatic rings. The molecule has 0 aliphatic rings. The molecule has 0 radical (unpaired) electrons. The zero-order chi connectivity index (χ0) is 11.5. The zero-order valence-electron chi connectivity index (χ0n) is 8.96. The van der Waals surface area contributed by atoms with Crippen molar-refractivity contribution in [1.29, 1.82) is 0 Å². The molecule has 0 aliphatic heterocycles. The summed E-state index contributed by atoms with van der Waals surface area (Å²) >= 11 is 7.78. The highest BCUT2D eigenvalue weighted by Crippen LogP contribution is 2.28. The van der Waals surface area contributed by atoms with Crippen LogP contribution in [0, 0.1) is 6.92 Å². The summed E-state index contributed by atoms with van der Waals surface area (Å²) in [4.78, 5) is 0. The van der Waals surface area contributed by atoms with E-state index in [0.717, 1.165) is 12.2 Å². The number of thiophene rings is 1. The second-order valence-corrected chi connectivity index (χ2v) is 4.79. The van der Waals surface area contributed by atoms with Crippen molar-refractivity contribution in [1.82, 2.24) is 0 Å². The third-order valence-electron chi connectivity index (χ3n) is 2.46. The number of hydrogen-bond acceptors (Lipinski definition) is 3. The number of nitrogen functional groups attached to an aromatic ring is 1. The molecule has 0 aliphatic carbocycles. The molecule has 1 aromatic heterocycles. The van der Waals surface area contributed by atoms with Gasteiger partial charge in [0.25, 0.3) is 0 Å². The Bertz CT molecular complexity index is 473. The minimum atomic E-state index is 0.660. The Morgan fingerprint density at radius 1 is 1.38 bits per heavy atom. The van der Waals surface area contributed by atoms with Gasteiger partial charge in [-0.25, -0.2) is 0 Å². The van der Waals surface area contributed by atoms with E-state index in [1.165, 1.54) is 11.1 Å². The number of aryl methyl sites for hydroxylation is 1. The van der Waals surface area contributed by atoms with Crippen molar-refractivity contribution in [2.24, 2.45) is 0 Å². The van der Waals surface area contributed by atoms with Crippen molar-refractivity contribution in [3.8, 4) is 0 Å². The normalized spacial score (nSPS) is 10.4. The van der Waals surface area contributed by atoms with Crippen molar-refractivity contribution in [2.45, 2.75) is 13.5 Å². The summed E-state index contributed by atoms with van der Waals surface area (Å²) in [7, 11) is 0. The molecule has 0 unspecified atom stereocenters. The first kappa shape index (κ1) is 11.3. The van der Waals surface area contributed by atoms with Crippen LogP contribution in [0.5, 0.6) is 0 Å². The summed E-state index contributed by atoms with van der Waals surface area (Å²) in [5.74, 6) is 0. The molecular formula is C12H13ClN2S. The van der Waals surface area contributed by atoms with E-state index in [-0.39, 0.29) is 0 Å². The van der Waals surface area contributed by atoms with Gasteiger partial charge < -0.3 is 11.1 Å². The summed E-state index contributed by atoms with van der Waals surface area (Å²) < 4.78 is 0. The van der Waals surface area contributed by atoms with Gasteiger partial charge in [-0.1, -0.05) is 17.7 Å². The largest absolute Gasteiger partial charge is 0.397 e. The van der Waals surface area contributed by atoms with E-state index in [4.69, 9.17) is 17.3 Å². The number of rotatable bonds is 3. The van der Waals surface area contributed by atoms with Crippen LogP contribution < -0.4 is 11.1 Å². The molecule has 84 valence electrons. The van der Waals surface area contributed by atoms with Gasteiger partial charge in [0.1, 0.15) is 0 Å². The van der Waals surface area contributed by atoms with Gasteiger partial charge in [-0.3, -0.25) is 0 Å². The summed E-state index contributed by atoms with van der Waals surface area (Å²) in [5.41, 5.74) is 9.93. The van der Waals surface area contributed by atoms with E-state index in [1.54, 1.807) is 11.3 Å². The van der Waals surface area contributed by atoms with Crippen molar-refractivity contribution in [3.05, 3.63) is 45.1 Å². The van der Waals surface area contributed by atoms with Gasteiger partial charge in [0.2, 0.25) is 0 Å². The number of halogens is 1. The van der Waals surface area contributed by atoms with Crippen LogP contribution in [0.1, 0.15) is 11.1 Å². The van der Waals surface area contributed by atoms with Crippen LogP contribution in [0.4, 0.5) is 11.4 Å². The smallest absolute Gasteiger partial charge is 0.0765 e. The summed E-state index contributed by atoms with van der Waals surface area (Å²) in [6, 6.07) is 5.52. The fraction of sp³-hybridized carbons (Fsp3) is 0.167. The predicted octanol–water partition coefficient (Wildman–Crippen LogP) is 3.90. The number of para-hydroxylation sites is 1. The second-order valence-electron chi connectivity index (χ2n) is 3.64. The Hall–Kier alpha value is -1.19. The molecule has 3 N–H and O–H groups in total. The zero-order valence-corrected chi connectivity index (χ0v) is 10.5.